The van der Waals surface area contributed by atoms with Crippen LogP contribution >= 0.6 is 0 Å². The number of piperazine rings is 1. The molecule has 0 aliphatic carbocycles. The molecule has 0 unspecified atom stereocenters. The molecule has 1 aliphatic rings. The molecule has 9 heteroatoms. The first-order valence-corrected chi connectivity index (χ1v) is 11.6. The number of fused-ring (bicyclic) bond motifs is 2. The third kappa shape index (κ3) is 4.38. The van der Waals surface area contributed by atoms with Crippen molar-refractivity contribution in [2.75, 3.05) is 32.8 Å². The van der Waals surface area contributed by atoms with Crippen molar-refractivity contribution in [3.63, 3.8) is 0 Å². The molecule has 1 saturated heterocycles. The van der Waals surface area contributed by atoms with Crippen molar-refractivity contribution in [3.8, 4) is 17.1 Å². The van der Waals surface area contributed by atoms with Crippen LogP contribution in [0.3, 0.4) is 0 Å². The second-order valence-electron chi connectivity index (χ2n) is 8.66. The average molecular weight is 461 g/mol. The maximum absolute atomic E-state index is 12.9. The highest BCUT2D eigenvalue weighted by atomic mass is 16.5. The molecule has 0 bridgehead atoms. The molecule has 1 fully saturated rings. The zero-order chi connectivity index (χ0) is 23.7. The summed E-state index contributed by atoms with van der Waals surface area (Å²) < 4.78 is 6.00. The highest BCUT2D eigenvalue weighted by Crippen LogP contribution is 2.30. The van der Waals surface area contributed by atoms with Crippen LogP contribution in [0.5, 0.6) is 5.75 Å². The van der Waals surface area contributed by atoms with Crippen LogP contribution in [0.25, 0.3) is 33.3 Å². The Balaban J connectivity index is 1.50. The number of imidazole rings is 1. The fraction of sp³-hybridized carbons (Fsp3) is 0.360. The molecule has 5 rings (SSSR count). The van der Waals surface area contributed by atoms with Crippen LogP contribution in [0, 0.1) is 0 Å². The quantitative estimate of drug-likeness (QED) is 0.458. The van der Waals surface area contributed by atoms with Gasteiger partial charge in [-0.3, -0.25) is 14.5 Å². The average Bonchev–Trinajstić information content (AvgIpc) is 3.30. The Morgan fingerprint density at radius 3 is 2.71 bits per heavy atom. The summed E-state index contributed by atoms with van der Waals surface area (Å²) in [5.41, 5.74) is 3.80. The highest BCUT2D eigenvalue weighted by Gasteiger charge is 2.20. The van der Waals surface area contributed by atoms with E-state index in [1.54, 1.807) is 19.3 Å². The summed E-state index contributed by atoms with van der Waals surface area (Å²) in [7, 11) is 0. The van der Waals surface area contributed by atoms with Gasteiger partial charge in [-0.2, -0.15) is 0 Å². The van der Waals surface area contributed by atoms with E-state index < -0.39 is 0 Å². The minimum atomic E-state index is -0.205. The van der Waals surface area contributed by atoms with Gasteiger partial charge < -0.3 is 19.6 Å². The largest absolute Gasteiger partial charge is 0.493 e. The first-order valence-electron chi connectivity index (χ1n) is 11.6. The Morgan fingerprint density at radius 1 is 1.12 bits per heavy atom. The number of nitrogens with one attached hydrogen (secondary N) is 2. The number of carbonyl (C=O) groups excluding carboxylic acids is 1. The van der Waals surface area contributed by atoms with Crippen LogP contribution in [0.2, 0.25) is 0 Å². The van der Waals surface area contributed by atoms with Gasteiger partial charge in [0.15, 0.2) is 0 Å². The zero-order valence-corrected chi connectivity index (χ0v) is 19.4. The smallest absolute Gasteiger partial charge is 0.259 e. The molecule has 9 nitrogen and oxygen atoms in total. The number of aromatic amines is 2. The van der Waals surface area contributed by atoms with Crippen LogP contribution < -0.4 is 10.3 Å². The summed E-state index contributed by atoms with van der Waals surface area (Å²) in [6, 6.07) is 9.65. The number of benzene rings is 2. The minimum Gasteiger partial charge on any atom is -0.493 e. The van der Waals surface area contributed by atoms with Gasteiger partial charge in [-0.25, -0.2) is 9.97 Å². The van der Waals surface area contributed by atoms with Crippen molar-refractivity contribution in [2.24, 2.45) is 0 Å². The van der Waals surface area contributed by atoms with E-state index in [0.29, 0.717) is 29.1 Å². The Bertz CT molecular complexity index is 1400. The topological polar surface area (TPSA) is 107 Å². The van der Waals surface area contributed by atoms with Crippen LogP contribution in [0.1, 0.15) is 25.8 Å². The van der Waals surface area contributed by atoms with Crippen LogP contribution in [0.4, 0.5) is 0 Å². The van der Waals surface area contributed by atoms with Crippen molar-refractivity contribution in [1.82, 2.24) is 29.7 Å². The monoisotopic (exact) mass is 460 g/mol. The maximum Gasteiger partial charge on any atom is 0.259 e. The summed E-state index contributed by atoms with van der Waals surface area (Å²) in [4.78, 5) is 43.8. The summed E-state index contributed by atoms with van der Waals surface area (Å²) in [5.74, 6) is 1.29. The van der Waals surface area contributed by atoms with Crippen molar-refractivity contribution in [1.29, 1.82) is 0 Å². The highest BCUT2D eigenvalue weighted by molar-refractivity contribution is 5.93. The molecule has 0 saturated carbocycles. The molecule has 2 aromatic carbocycles. The zero-order valence-electron chi connectivity index (χ0n) is 19.4. The summed E-state index contributed by atoms with van der Waals surface area (Å²) in [6.45, 7) is 8.12. The van der Waals surface area contributed by atoms with Crippen LogP contribution in [0.15, 0.2) is 41.5 Å². The number of H-pyrrole nitrogens is 2. The Labute approximate surface area is 196 Å². The third-order valence-electron chi connectivity index (χ3n) is 6.23. The van der Waals surface area contributed by atoms with E-state index in [1.807, 2.05) is 23.1 Å². The van der Waals surface area contributed by atoms with Gasteiger partial charge in [-0.15, -0.1) is 0 Å². The molecule has 1 amide bonds. The van der Waals surface area contributed by atoms with E-state index in [2.05, 4.69) is 32.8 Å². The van der Waals surface area contributed by atoms with Gasteiger partial charge in [-0.1, -0.05) is 13.0 Å². The lowest BCUT2D eigenvalue weighted by atomic mass is 10.1. The second-order valence-corrected chi connectivity index (χ2v) is 8.66. The van der Waals surface area contributed by atoms with Crippen molar-refractivity contribution < 1.29 is 9.53 Å². The fourth-order valence-electron chi connectivity index (χ4n) is 4.37. The van der Waals surface area contributed by atoms with Crippen LogP contribution in [-0.2, 0) is 11.3 Å². The van der Waals surface area contributed by atoms with Crippen molar-refractivity contribution >= 4 is 27.8 Å². The van der Waals surface area contributed by atoms with E-state index in [-0.39, 0.29) is 11.5 Å². The number of aromatic nitrogens is 4. The first-order chi connectivity index (χ1) is 16.5. The molecule has 0 spiro atoms. The van der Waals surface area contributed by atoms with E-state index in [1.165, 1.54) is 0 Å². The van der Waals surface area contributed by atoms with E-state index in [9.17, 15) is 9.59 Å². The summed E-state index contributed by atoms with van der Waals surface area (Å²) >= 11 is 0. The Kier molecular flexibility index (Phi) is 6.02. The maximum atomic E-state index is 12.9. The molecule has 34 heavy (non-hydrogen) atoms. The van der Waals surface area contributed by atoms with Crippen LogP contribution in [-0.4, -0.2) is 68.4 Å². The Hall–Kier alpha value is -3.72. The number of nitrogens with zero attached hydrogens (tertiary/aromatic N) is 4. The molecule has 0 atom stereocenters. The van der Waals surface area contributed by atoms with Gasteiger partial charge in [0.25, 0.3) is 5.56 Å². The standard InChI is InChI=1S/C25H28N6O3/c1-3-10-34-23-5-4-17(14-30-6-8-31(9-7-30)16(2)32)11-19(23)24-28-20-13-22-21(26-15-27-22)12-18(20)25(33)29-24/h4-5,11-13,15H,3,6-10,14H2,1-2H3,(H,26,27)(H,28,29,33). The molecule has 2 N–H and O–H groups in total. The van der Waals surface area contributed by atoms with Gasteiger partial charge in [-0.05, 0) is 36.2 Å². The number of hydrogen-bond acceptors (Lipinski definition) is 6. The lowest BCUT2D eigenvalue weighted by Crippen LogP contribution is -2.47. The normalized spacial score (nSPS) is 14.7. The van der Waals surface area contributed by atoms with E-state index in [0.717, 1.165) is 61.3 Å². The lowest BCUT2D eigenvalue weighted by Gasteiger charge is -2.34. The predicted octanol–water partition coefficient (Wildman–Crippen LogP) is 2.92. The number of carbonyl (C=O) groups is 1. The van der Waals surface area contributed by atoms with Gasteiger partial charge >= 0.3 is 0 Å². The summed E-state index contributed by atoms with van der Waals surface area (Å²) in [5, 5.41) is 0.510. The SMILES string of the molecule is CCCOc1ccc(CN2CCN(C(C)=O)CC2)cc1-c1nc2cc3nc[nH]c3cc2c(=O)[nH]1. The van der Waals surface area contributed by atoms with E-state index in [4.69, 9.17) is 9.72 Å². The summed E-state index contributed by atoms with van der Waals surface area (Å²) in [6.07, 6.45) is 2.48. The minimum absolute atomic E-state index is 0.123. The predicted molar refractivity (Wildman–Crippen MR) is 131 cm³/mol. The molecule has 3 heterocycles. The third-order valence-corrected chi connectivity index (χ3v) is 6.23. The second kappa shape index (κ2) is 9.26. The van der Waals surface area contributed by atoms with Crippen molar-refractivity contribution in [2.45, 2.75) is 26.8 Å². The van der Waals surface area contributed by atoms with Gasteiger partial charge in [0.05, 0.1) is 40.4 Å². The molecule has 4 aromatic rings. The number of amides is 1. The van der Waals surface area contributed by atoms with Crippen molar-refractivity contribution in [3.05, 3.63) is 52.6 Å². The van der Waals surface area contributed by atoms with E-state index >= 15 is 0 Å². The number of hydrogen-bond donors (Lipinski definition) is 2. The number of rotatable bonds is 6. The lowest BCUT2D eigenvalue weighted by molar-refractivity contribution is -0.130. The molecule has 2 aromatic heterocycles. The van der Waals surface area contributed by atoms with Gasteiger partial charge in [0.2, 0.25) is 5.91 Å². The molecular formula is C25H28N6O3. The van der Waals surface area contributed by atoms with Gasteiger partial charge in [0.1, 0.15) is 11.6 Å². The number of ether oxygens (including phenoxy) is 1. The molecule has 1 aliphatic heterocycles. The molecular weight excluding hydrogens is 432 g/mol. The Morgan fingerprint density at radius 2 is 1.94 bits per heavy atom. The molecule has 0 radical (unpaired) electrons. The first kappa shape index (κ1) is 22.1. The fourth-order valence-corrected chi connectivity index (χ4v) is 4.37. The van der Waals surface area contributed by atoms with Gasteiger partial charge in [0, 0.05) is 39.6 Å². The molecule has 176 valence electrons.